The molecule has 234 valence electrons. The monoisotopic (exact) mass is 558 g/mol. The molecule has 0 aliphatic rings. The molecule has 1 unspecified atom stereocenters. The molecule has 0 aromatic carbocycles. The number of hydrogen-bond donors (Lipinski definition) is 3. The number of aliphatic hydroxyl groups is 2. The minimum Gasteiger partial charge on any atom is -0.463 e. The average molecular weight is 559 g/mol. The number of carbonyl (C=O) groups excluding carboxylic acids is 2. The van der Waals surface area contributed by atoms with Gasteiger partial charge in [-0.1, -0.05) is 117 Å². The Morgan fingerprint density at radius 3 is 1.56 bits per heavy atom. The van der Waals surface area contributed by atoms with Gasteiger partial charge in [0.1, 0.15) is 12.7 Å². The van der Waals surface area contributed by atoms with E-state index in [0.717, 1.165) is 38.8 Å². The lowest BCUT2D eigenvalue weighted by molar-refractivity contribution is -0.147. The first-order valence-corrected chi connectivity index (χ1v) is 16.2. The Labute approximate surface area is 241 Å². The van der Waals surface area contributed by atoms with Gasteiger partial charge in [0.05, 0.1) is 6.61 Å². The maximum atomic E-state index is 11.6. The second-order valence-corrected chi connectivity index (χ2v) is 11.2. The molecule has 0 aliphatic heterocycles. The Morgan fingerprint density at radius 1 is 0.692 bits per heavy atom. The van der Waals surface area contributed by atoms with Gasteiger partial charge in [0.2, 0.25) is 5.91 Å². The average Bonchev–Trinajstić information content (AvgIpc) is 2.92. The summed E-state index contributed by atoms with van der Waals surface area (Å²) in [6.45, 7) is 5.86. The second-order valence-electron chi connectivity index (χ2n) is 11.2. The summed E-state index contributed by atoms with van der Waals surface area (Å²) < 4.78 is 4.82. The molecule has 0 aromatic heterocycles. The van der Waals surface area contributed by atoms with Crippen LogP contribution >= 0.6 is 0 Å². The van der Waals surface area contributed by atoms with Crippen LogP contribution in [0.15, 0.2) is 0 Å². The fraction of sp³-hybridized carbons (Fsp3) is 0.938. The van der Waals surface area contributed by atoms with Crippen molar-refractivity contribution in [1.82, 2.24) is 10.2 Å². The van der Waals surface area contributed by atoms with Gasteiger partial charge in [-0.05, 0) is 39.9 Å². The maximum absolute atomic E-state index is 11.6. The van der Waals surface area contributed by atoms with E-state index in [2.05, 4.69) is 38.2 Å². The van der Waals surface area contributed by atoms with Crippen LogP contribution in [0.25, 0.3) is 0 Å². The van der Waals surface area contributed by atoms with Gasteiger partial charge in [-0.15, -0.1) is 0 Å². The van der Waals surface area contributed by atoms with Crippen molar-refractivity contribution in [3.05, 3.63) is 0 Å². The predicted molar refractivity (Wildman–Crippen MR) is 164 cm³/mol. The molecule has 0 heterocycles. The number of amides is 1. The first-order chi connectivity index (χ1) is 18.9. The van der Waals surface area contributed by atoms with Crippen LogP contribution in [0, 0.1) is 0 Å². The van der Waals surface area contributed by atoms with E-state index >= 15 is 0 Å². The third-order valence-electron chi connectivity index (χ3n) is 6.74. The molecule has 39 heavy (non-hydrogen) atoms. The zero-order chi connectivity index (χ0) is 29.4. The minimum atomic E-state index is -0.952. The number of aliphatic hydroxyl groups excluding tert-OH is 2. The number of carbonyl (C=O) groups is 2. The van der Waals surface area contributed by atoms with Crippen molar-refractivity contribution in [1.29, 1.82) is 0 Å². The Kier molecular flexibility index (Phi) is 33.8. The third-order valence-corrected chi connectivity index (χ3v) is 6.74. The zero-order valence-corrected chi connectivity index (χ0v) is 26.3. The van der Waals surface area contributed by atoms with Crippen molar-refractivity contribution < 1.29 is 24.5 Å². The number of nitrogens with zero attached hydrogens (tertiary/aromatic N) is 1. The summed E-state index contributed by atoms with van der Waals surface area (Å²) in [6.07, 6.45) is 23.9. The molecule has 0 aliphatic carbocycles. The molecule has 0 fully saturated rings. The van der Waals surface area contributed by atoms with Crippen LogP contribution in [-0.4, -0.2) is 73.5 Å². The number of hydrogen-bond acceptors (Lipinski definition) is 6. The van der Waals surface area contributed by atoms with Crippen LogP contribution in [0.3, 0.4) is 0 Å². The van der Waals surface area contributed by atoms with E-state index in [1.807, 2.05) is 0 Å². The molecule has 7 nitrogen and oxygen atoms in total. The highest BCUT2D eigenvalue weighted by Gasteiger charge is 2.07. The van der Waals surface area contributed by atoms with E-state index in [9.17, 15) is 9.59 Å². The van der Waals surface area contributed by atoms with Crippen LogP contribution < -0.4 is 5.32 Å². The van der Waals surface area contributed by atoms with E-state index < -0.39 is 6.10 Å². The van der Waals surface area contributed by atoms with Crippen LogP contribution in [0.1, 0.15) is 149 Å². The van der Waals surface area contributed by atoms with Gasteiger partial charge in [0.25, 0.3) is 0 Å². The van der Waals surface area contributed by atoms with E-state index in [1.165, 1.54) is 96.3 Å². The van der Waals surface area contributed by atoms with E-state index in [0.29, 0.717) is 12.8 Å². The van der Waals surface area contributed by atoms with Gasteiger partial charge in [-0.3, -0.25) is 9.59 Å². The number of rotatable bonds is 27. The van der Waals surface area contributed by atoms with Crippen molar-refractivity contribution >= 4 is 11.9 Å². The van der Waals surface area contributed by atoms with Crippen LogP contribution in [0.5, 0.6) is 0 Å². The quantitative estimate of drug-likeness (QED) is 0.0759. The third kappa shape index (κ3) is 36.8. The summed E-state index contributed by atoms with van der Waals surface area (Å²) in [7, 11) is 4.12. The lowest BCUT2D eigenvalue weighted by Gasteiger charge is -2.09. The van der Waals surface area contributed by atoms with Crippen molar-refractivity contribution in [2.24, 2.45) is 0 Å². The van der Waals surface area contributed by atoms with Crippen LogP contribution in [0.2, 0.25) is 0 Å². The van der Waals surface area contributed by atoms with Crippen LogP contribution in [0.4, 0.5) is 0 Å². The Morgan fingerprint density at radius 2 is 1.13 bits per heavy atom. The Hall–Kier alpha value is -1.18. The highest BCUT2D eigenvalue weighted by molar-refractivity contribution is 5.75. The summed E-state index contributed by atoms with van der Waals surface area (Å²) in [4.78, 5) is 25.0. The van der Waals surface area contributed by atoms with E-state index in [1.54, 1.807) is 0 Å². The standard InChI is InChI=1S/C17H36N2O.C15H30O4/c1-4-5-6-7-8-9-10-11-12-14-17(20)18-15-13-16-19(2)3;1-2-3-4-5-6-7-8-9-10-11-15(18)19-13-14(17)12-16/h4-16H2,1-3H3,(H,18,20);14,16-17H,2-13H2,1H3. The molecule has 0 spiro atoms. The molecule has 1 amide bonds. The van der Waals surface area contributed by atoms with Crippen LogP contribution in [-0.2, 0) is 14.3 Å². The molecular formula is C32H66N2O5. The first kappa shape index (κ1) is 40.0. The molecule has 0 rings (SSSR count). The molecule has 1 atom stereocenters. The summed E-state index contributed by atoms with van der Waals surface area (Å²) in [5.74, 6) is -0.0536. The number of unbranched alkanes of at least 4 members (excludes halogenated alkanes) is 16. The highest BCUT2D eigenvalue weighted by Crippen LogP contribution is 2.11. The minimum absolute atomic E-state index is 0.104. The smallest absolute Gasteiger partial charge is 0.305 e. The van der Waals surface area contributed by atoms with E-state index in [-0.39, 0.29) is 25.1 Å². The fourth-order valence-corrected chi connectivity index (χ4v) is 4.20. The maximum Gasteiger partial charge on any atom is 0.305 e. The summed E-state index contributed by atoms with van der Waals surface area (Å²) in [5.41, 5.74) is 0. The van der Waals surface area contributed by atoms with Gasteiger partial charge in [0.15, 0.2) is 0 Å². The number of esters is 1. The molecule has 0 radical (unpaired) electrons. The summed E-state index contributed by atoms with van der Waals surface area (Å²) in [6, 6.07) is 0. The van der Waals surface area contributed by atoms with Crippen molar-refractivity contribution in [3.8, 4) is 0 Å². The van der Waals surface area contributed by atoms with Gasteiger partial charge >= 0.3 is 5.97 Å². The zero-order valence-electron chi connectivity index (χ0n) is 26.3. The fourth-order valence-electron chi connectivity index (χ4n) is 4.20. The highest BCUT2D eigenvalue weighted by atomic mass is 16.5. The van der Waals surface area contributed by atoms with Gasteiger partial charge in [0, 0.05) is 19.4 Å². The van der Waals surface area contributed by atoms with Crippen molar-refractivity contribution in [2.45, 2.75) is 155 Å². The molecular weight excluding hydrogens is 492 g/mol. The number of nitrogens with one attached hydrogen (secondary N) is 1. The van der Waals surface area contributed by atoms with E-state index in [4.69, 9.17) is 14.9 Å². The predicted octanol–water partition coefficient (Wildman–Crippen LogP) is 6.78. The van der Waals surface area contributed by atoms with Crippen molar-refractivity contribution in [3.63, 3.8) is 0 Å². The largest absolute Gasteiger partial charge is 0.463 e. The molecule has 0 saturated carbocycles. The van der Waals surface area contributed by atoms with Gasteiger partial charge in [-0.2, -0.15) is 0 Å². The van der Waals surface area contributed by atoms with Crippen molar-refractivity contribution in [2.75, 3.05) is 40.4 Å². The second kappa shape index (κ2) is 33.0. The molecule has 0 saturated heterocycles. The topological polar surface area (TPSA) is 99.1 Å². The SMILES string of the molecule is CCCCCCCCCCCC(=O)NCCCN(C)C.CCCCCCCCCCCC(=O)OCC(O)CO. The Balaban J connectivity index is 0. The molecule has 0 bridgehead atoms. The molecule has 0 aromatic rings. The summed E-state index contributed by atoms with van der Waals surface area (Å²) in [5, 5.41) is 20.6. The number of ether oxygens (including phenoxy) is 1. The lowest BCUT2D eigenvalue weighted by atomic mass is 10.1. The van der Waals surface area contributed by atoms with Gasteiger partial charge < -0.3 is 25.2 Å². The molecule has 3 N–H and O–H groups in total. The lowest BCUT2D eigenvalue weighted by Crippen LogP contribution is -2.26. The summed E-state index contributed by atoms with van der Waals surface area (Å²) >= 11 is 0. The van der Waals surface area contributed by atoms with Gasteiger partial charge in [-0.25, -0.2) is 0 Å². The molecule has 7 heteroatoms. The normalized spacial score (nSPS) is 11.7. The first-order valence-electron chi connectivity index (χ1n) is 16.2. The Bertz CT molecular complexity index is 517.